The lowest BCUT2D eigenvalue weighted by Crippen LogP contribution is -2.60. The van der Waals surface area contributed by atoms with Crippen LogP contribution in [0.3, 0.4) is 0 Å². The normalized spacial score (nSPS) is 15.7. The van der Waals surface area contributed by atoms with Crippen LogP contribution in [-0.4, -0.2) is 32.4 Å². The number of non-ortho nitro benzene ring substituents is 1. The Kier molecular flexibility index (Phi) is 6.76. The number of hydrogen-bond donors (Lipinski definition) is 1. The van der Waals surface area contributed by atoms with Crippen molar-refractivity contribution < 1.29 is 31.8 Å². The van der Waals surface area contributed by atoms with Gasteiger partial charge in [-0.3, -0.25) is 10.1 Å². The molecule has 1 rings (SSSR count). The Balaban J connectivity index is 3.70. The van der Waals surface area contributed by atoms with Gasteiger partial charge in [0.05, 0.1) is 27.3 Å². The van der Waals surface area contributed by atoms with Gasteiger partial charge in [-0.2, -0.15) is 8.78 Å². The highest BCUT2D eigenvalue weighted by atomic mass is 32.2. The van der Waals surface area contributed by atoms with Gasteiger partial charge in [-0.05, 0) is 40.7 Å². The van der Waals surface area contributed by atoms with Crippen LogP contribution < -0.4 is 4.72 Å². The van der Waals surface area contributed by atoms with Crippen LogP contribution in [0, 0.1) is 15.9 Å². The number of nitro benzene ring substituents is 1. The second kappa shape index (κ2) is 7.93. The first-order chi connectivity index (χ1) is 12.2. The number of carbonyl (C=O) groups excluding carboxylic acids is 1. The molecule has 0 saturated heterocycles. The van der Waals surface area contributed by atoms with Gasteiger partial charge in [-0.15, -0.1) is 0 Å². The molecule has 11 heteroatoms. The summed E-state index contributed by atoms with van der Waals surface area (Å²) in [6.07, 6.45) is 0. The Bertz CT molecular complexity index is 767. The first-order valence-electron chi connectivity index (χ1n) is 7.87. The number of alkyl halides is 2. The average Bonchev–Trinajstić information content (AvgIpc) is 2.53. The van der Waals surface area contributed by atoms with Crippen molar-refractivity contribution in [1.29, 1.82) is 0 Å². The molecule has 1 N–H and O–H groups in total. The summed E-state index contributed by atoms with van der Waals surface area (Å²) in [4.78, 5) is 22.0. The third-order valence-electron chi connectivity index (χ3n) is 3.71. The molecule has 152 valence electrons. The maximum atomic E-state index is 15.0. The monoisotopic (exact) mass is 410 g/mol. The second-order valence-electron chi connectivity index (χ2n) is 6.82. The molecule has 0 bridgehead atoms. The van der Waals surface area contributed by atoms with Crippen molar-refractivity contribution in [2.24, 2.45) is 0 Å². The van der Waals surface area contributed by atoms with E-state index in [1.807, 2.05) is 0 Å². The van der Waals surface area contributed by atoms with Crippen LogP contribution in [-0.2, 0) is 26.1 Å². The predicted molar refractivity (Wildman–Crippen MR) is 93.0 cm³/mol. The minimum Gasteiger partial charge on any atom is -0.461 e. The van der Waals surface area contributed by atoms with E-state index < -0.39 is 55.2 Å². The highest BCUT2D eigenvalue weighted by Gasteiger charge is 2.61. The van der Waals surface area contributed by atoms with Gasteiger partial charge < -0.3 is 4.74 Å². The summed E-state index contributed by atoms with van der Waals surface area (Å²) in [5.74, 6) is -7.60. The van der Waals surface area contributed by atoms with E-state index in [1.165, 1.54) is 27.7 Å². The third kappa shape index (κ3) is 4.64. The number of nitrogens with zero attached hydrogens (tertiary/aromatic N) is 1. The van der Waals surface area contributed by atoms with Gasteiger partial charge in [0.25, 0.3) is 5.69 Å². The lowest BCUT2D eigenvalue weighted by atomic mass is 9.85. The van der Waals surface area contributed by atoms with Crippen LogP contribution >= 0.6 is 0 Å². The third-order valence-corrected chi connectivity index (χ3v) is 5.42. The first-order valence-corrected chi connectivity index (χ1v) is 9.02. The van der Waals surface area contributed by atoms with Crippen molar-refractivity contribution in [2.75, 3.05) is 6.61 Å². The molecule has 0 unspecified atom stereocenters. The smallest absolute Gasteiger partial charge is 0.379 e. The molecule has 0 radical (unpaired) electrons. The van der Waals surface area contributed by atoms with Crippen LogP contribution in [0.5, 0.6) is 0 Å². The SMILES string of the molecule is CCOC(=O)C(F)(F)[C@](C)(N[S@@](=O)C(C)(C)C)c1cc([N+](=O)[O-])ccc1F. The molecular weight excluding hydrogens is 389 g/mol. The number of hydrogen-bond acceptors (Lipinski definition) is 5. The Morgan fingerprint density at radius 1 is 1.30 bits per heavy atom. The van der Waals surface area contributed by atoms with E-state index in [1.54, 1.807) is 0 Å². The lowest BCUT2D eigenvalue weighted by molar-refractivity contribution is -0.385. The Labute approximate surface area is 157 Å². The number of nitro groups is 1. The predicted octanol–water partition coefficient (Wildman–Crippen LogP) is 3.20. The van der Waals surface area contributed by atoms with Gasteiger partial charge in [-0.25, -0.2) is 18.1 Å². The Morgan fingerprint density at radius 3 is 2.30 bits per heavy atom. The molecule has 0 aliphatic carbocycles. The standard InChI is InChI=1S/C16H21F3N2O5S/c1-6-26-13(22)16(18,19)15(5,20-27(25)14(2,3)4)11-9-10(21(23)24)7-8-12(11)17/h7-9,20H,6H2,1-5H3/t15-,27+/m1/s1. The molecule has 0 amide bonds. The van der Waals surface area contributed by atoms with E-state index in [4.69, 9.17) is 0 Å². The zero-order chi connectivity index (χ0) is 21.2. The molecule has 0 fully saturated rings. The zero-order valence-corrected chi connectivity index (χ0v) is 16.3. The summed E-state index contributed by atoms with van der Waals surface area (Å²) >= 11 is 0. The first kappa shape index (κ1) is 23.0. The Hall–Kier alpha value is -2.01. The number of rotatable bonds is 7. The van der Waals surface area contributed by atoms with Gasteiger partial charge in [0.1, 0.15) is 11.4 Å². The molecule has 0 aliphatic rings. The number of benzene rings is 1. The van der Waals surface area contributed by atoms with Gasteiger partial charge in [-0.1, -0.05) is 0 Å². The van der Waals surface area contributed by atoms with Crippen molar-refractivity contribution in [3.05, 3.63) is 39.7 Å². The fourth-order valence-corrected chi connectivity index (χ4v) is 2.98. The van der Waals surface area contributed by atoms with Crippen LogP contribution in [0.25, 0.3) is 0 Å². The molecule has 2 atom stereocenters. The molecular formula is C16H21F3N2O5S. The minimum atomic E-state index is -4.39. The van der Waals surface area contributed by atoms with E-state index >= 15 is 0 Å². The Morgan fingerprint density at radius 2 is 1.85 bits per heavy atom. The van der Waals surface area contributed by atoms with Gasteiger partial charge >= 0.3 is 11.9 Å². The van der Waals surface area contributed by atoms with Crippen molar-refractivity contribution in [2.45, 2.75) is 50.8 Å². The van der Waals surface area contributed by atoms with E-state index in [2.05, 4.69) is 9.46 Å². The summed E-state index contributed by atoms with van der Waals surface area (Å²) < 4.78 is 62.3. The summed E-state index contributed by atoms with van der Waals surface area (Å²) in [7, 11) is -2.17. The molecule has 0 heterocycles. The van der Waals surface area contributed by atoms with Crippen molar-refractivity contribution >= 4 is 22.6 Å². The van der Waals surface area contributed by atoms with E-state index in [-0.39, 0.29) is 6.61 Å². The molecule has 0 saturated carbocycles. The van der Waals surface area contributed by atoms with Crippen molar-refractivity contribution in [1.82, 2.24) is 4.72 Å². The van der Waals surface area contributed by atoms with Crippen molar-refractivity contribution in [3.8, 4) is 0 Å². The van der Waals surface area contributed by atoms with Gasteiger partial charge in [0, 0.05) is 17.7 Å². The van der Waals surface area contributed by atoms with E-state index in [0.717, 1.165) is 13.0 Å². The number of esters is 1. The van der Waals surface area contributed by atoms with Crippen LogP contribution in [0.1, 0.15) is 40.2 Å². The van der Waals surface area contributed by atoms with Crippen LogP contribution in [0.2, 0.25) is 0 Å². The average molecular weight is 410 g/mol. The fourth-order valence-electron chi connectivity index (χ4n) is 2.06. The van der Waals surface area contributed by atoms with Crippen molar-refractivity contribution in [3.63, 3.8) is 0 Å². The van der Waals surface area contributed by atoms with Gasteiger partial charge in [0.15, 0.2) is 0 Å². The minimum absolute atomic E-state index is 0.371. The van der Waals surface area contributed by atoms with Crippen LogP contribution in [0.4, 0.5) is 18.9 Å². The molecule has 0 aromatic heterocycles. The number of carbonyl (C=O) groups is 1. The highest BCUT2D eigenvalue weighted by molar-refractivity contribution is 7.84. The van der Waals surface area contributed by atoms with E-state index in [0.29, 0.717) is 12.1 Å². The van der Waals surface area contributed by atoms with E-state index in [9.17, 15) is 32.3 Å². The topological polar surface area (TPSA) is 98.5 Å². The summed E-state index contributed by atoms with van der Waals surface area (Å²) in [6.45, 7) is 6.11. The molecule has 1 aromatic rings. The van der Waals surface area contributed by atoms with Crippen LogP contribution in [0.15, 0.2) is 18.2 Å². The number of halogens is 3. The highest BCUT2D eigenvalue weighted by Crippen LogP contribution is 2.41. The summed E-state index contributed by atoms with van der Waals surface area (Å²) in [6, 6.07) is 2.01. The molecule has 7 nitrogen and oxygen atoms in total. The largest absolute Gasteiger partial charge is 0.461 e. The quantitative estimate of drug-likeness (QED) is 0.423. The second-order valence-corrected chi connectivity index (χ2v) is 8.79. The number of nitrogens with one attached hydrogen (secondary N) is 1. The number of ether oxygens (including phenoxy) is 1. The molecule has 0 aliphatic heterocycles. The fraction of sp³-hybridized carbons (Fsp3) is 0.562. The maximum Gasteiger partial charge on any atom is 0.379 e. The maximum absolute atomic E-state index is 15.0. The molecule has 0 spiro atoms. The summed E-state index contributed by atoms with van der Waals surface area (Å²) in [5.41, 5.74) is -4.43. The molecule has 27 heavy (non-hydrogen) atoms. The van der Waals surface area contributed by atoms with Gasteiger partial charge in [0.2, 0.25) is 0 Å². The summed E-state index contributed by atoms with van der Waals surface area (Å²) in [5, 5.41) is 11.0. The zero-order valence-electron chi connectivity index (χ0n) is 15.5. The lowest BCUT2D eigenvalue weighted by Gasteiger charge is -2.38. The molecule has 1 aromatic carbocycles.